The lowest BCUT2D eigenvalue weighted by molar-refractivity contribution is -0.142. The first-order valence-electron chi connectivity index (χ1n) is 6.21. The van der Waals surface area contributed by atoms with Gasteiger partial charge in [0.15, 0.2) is 0 Å². The summed E-state index contributed by atoms with van der Waals surface area (Å²) in [5.41, 5.74) is 0.175. The molecule has 0 atom stereocenters. The Labute approximate surface area is 136 Å². The minimum atomic E-state index is -0.976. The molecule has 0 aliphatic heterocycles. The Hall–Kier alpha value is -1.92. The average molecular weight is 346 g/mol. The van der Waals surface area contributed by atoms with Crippen molar-refractivity contribution in [2.45, 2.75) is 19.3 Å². The molecule has 0 aromatic heterocycles. The largest absolute Gasteiger partial charge is 0.469 e. The maximum Gasteiger partial charge on any atom is 0.305 e. The molecule has 0 bridgehead atoms. The molecular formula is C14H13Cl2NO5. The number of rotatable bonds is 7. The van der Waals surface area contributed by atoms with Crippen molar-refractivity contribution >= 4 is 52.3 Å². The van der Waals surface area contributed by atoms with E-state index in [-0.39, 0.29) is 23.6 Å². The van der Waals surface area contributed by atoms with Crippen LogP contribution in [0.4, 0.5) is 5.69 Å². The van der Waals surface area contributed by atoms with E-state index in [2.05, 4.69) is 10.1 Å². The van der Waals surface area contributed by atoms with Gasteiger partial charge in [0.1, 0.15) is 5.78 Å². The number of hydrogen-bond acceptors (Lipinski definition) is 5. The summed E-state index contributed by atoms with van der Waals surface area (Å²) in [5, 5.41) is 2.83. The number of carbonyl (C=O) groups is 4. The molecule has 0 aliphatic rings. The molecule has 0 heterocycles. The fraction of sp³-hybridized carbons (Fsp3) is 0.286. The van der Waals surface area contributed by atoms with Crippen LogP contribution in [0.2, 0.25) is 10.0 Å². The Morgan fingerprint density at radius 3 is 2.45 bits per heavy atom. The second-order valence-electron chi connectivity index (χ2n) is 4.29. The number of Topliss-reactive ketones (excluding diaryl/α,β-unsaturated/α-hetero) is 2. The molecule has 1 aromatic rings. The van der Waals surface area contributed by atoms with Crippen molar-refractivity contribution in [2.75, 3.05) is 12.4 Å². The summed E-state index contributed by atoms with van der Waals surface area (Å²) in [6, 6.07) is 4.37. The summed E-state index contributed by atoms with van der Waals surface area (Å²) in [6.07, 6.45) is -0.894. The maximum atomic E-state index is 11.7. The van der Waals surface area contributed by atoms with Crippen LogP contribution in [0, 0.1) is 0 Å². The molecule has 0 fully saturated rings. The lowest BCUT2D eigenvalue weighted by Gasteiger charge is -2.06. The first-order chi connectivity index (χ1) is 10.3. The molecule has 0 unspecified atom stereocenters. The van der Waals surface area contributed by atoms with Crippen LogP contribution in [0.1, 0.15) is 19.3 Å². The molecule has 118 valence electrons. The lowest BCUT2D eigenvalue weighted by atomic mass is 10.1. The van der Waals surface area contributed by atoms with Crippen LogP contribution < -0.4 is 5.32 Å². The van der Waals surface area contributed by atoms with Gasteiger partial charge in [-0.15, -0.1) is 0 Å². The van der Waals surface area contributed by atoms with E-state index in [1.807, 2.05) is 0 Å². The number of halogens is 2. The fourth-order valence-electron chi connectivity index (χ4n) is 1.48. The molecule has 1 aromatic carbocycles. The van der Waals surface area contributed by atoms with E-state index in [4.69, 9.17) is 23.2 Å². The first-order valence-corrected chi connectivity index (χ1v) is 6.97. The maximum absolute atomic E-state index is 11.7. The quantitative estimate of drug-likeness (QED) is 0.465. The number of amides is 1. The Morgan fingerprint density at radius 1 is 1.14 bits per heavy atom. The Bertz CT molecular complexity index is 615. The molecule has 1 N–H and O–H groups in total. The second kappa shape index (κ2) is 8.51. The normalized spacial score (nSPS) is 9.95. The molecule has 0 aliphatic carbocycles. The van der Waals surface area contributed by atoms with Crippen molar-refractivity contribution in [1.82, 2.24) is 0 Å². The van der Waals surface area contributed by atoms with E-state index in [1.165, 1.54) is 25.3 Å². The SMILES string of the molecule is COC(=O)CCC(=O)CC(=O)C(=O)Nc1cc(Cl)ccc1Cl. The van der Waals surface area contributed by atoms with Crippen LogP contribution in [-0.2, 0) is 23.9 Å². The highest BCUT2D eigenvalue weighted by molar-refractivity contribution is 6.44. The van der Waals surface area contributed by atoms with Gasteiger partial charge < -0.3 is 10.1 Å². The smallest absolute Gasteiger partial charge is 0.305 e. The predicted octanol–water partition coefficient (Wildman–Crippen LogP) is 2.41. The van der Waals surface area contributed by atoms with Crippen LogP contribution in [0.3, 0.4) is 0 Å². The molecule has 6 nitrogen and oxygen atoms in total. The molecule has 22 heavy (non-hydrogen) atoms. The topological polar surface area (TPSA) is 89.5 Å². The number of anilines is 1. The van der Waals surface area contributed by atoms with Crippen molar-refractivity contribution in [2.24, 2.45) is 0 Å². The van der Waals surface area contributed by atoms with Crippen LogP contribution in [0.25, 0.3) is 0 Å². The van der Waals surface area contributed by atoms with Crippen LogP contribution >= 0.6 is 23.2 Å². The fourth-order valence-corrected chi connectivity index (χ4v) is 1.81. The third-order valence-electron chi connectivity index (χ3n) is 2.62. The van der Waals surface area contributed by atoms with Gasteiger partial charge >= 0.3 is 5.97 Å². The number of ether oxygens (including phenoxy) is 1. The number of ketones is 2. The highest BCUT2D eigenvalue weighted by Crippen LogP contribution is 2.25. The first kappa shape index (κ1) is 18.1. The zero-order valence-electron chi connectivity index (χ0n) is 11.7. The number of nitrogens with one attached hydrogen (secondary N) is 1. The van der Waals surface area contributed by atoms with Gasteiger partial charge in [-0.2, -0.15) is 0 Å². The molecule has 0 saturated heterocycles. The summed E-state index contributed by atoms with van der Waals surface area (Å²) in [5.74, 6) is -2.99. The second-order valence-corrected chi connectivity index (χ2v) is 5.14. The number of methoxy groups -OCH3 is 1. The third kappa shape index (κ3) is 5.83. The standard InChI is InChI=1S/C14H13Cl2NO5/c1-22-13(20)5-3-9(18)7-12(19)14(21)17-11-6-8(15)2-4-10(11)16/h2,4,6H,3,5,7H2,1H3,(H,17,21). The minimum Gasteiger partial charge on any atom is -0.469 e. The van der Waals surface area contributed by atoms with E-state index in [1.54, 1.807) is 0 Å². The summed E-state index contributed by atoms with van der Waals surface area (Å²) >= 11 is 11.6. The van der Waals surface area contributed by atoms with Gasteiger partial charge in [-0.1, -0.05) is 23.2 Å². The molecule has 0 saturated carbocycles. The van der Waals surface area contributed by atoms with Crippen molar-refractivity contribution in [1.29, 1.82) is 0 Å². The van der Waals surface area contributed by atoms with Gasteiger partial charge in [-0.25, -0.2) is 0 Å². The van der Waals surface area contributed by atoms with Crippen LogP contribution in [0.5, 0.6) is 0 Å². The van der Waals surface area contributed by atoms with Gasteiger partial charge in [0.2, 0.25) is 5.78 Å². The monoisotopic (exact) mass is 345 g/mol. The van der Waals surface area contributed by atoms with E-state index in [0.717, 1.165) is 0 Å². The number of hydrogen-bond donors (Lipinski definition) is 1. The molecule has 0 radical (unpaired) electrons. The summed E-state index contributed by atoms with van der Waals surface area (Å²) < 4.78 is 4.37. The van der Waals surface area contributed by atoms with Gasteiger partial charge in [0.05, 0.1) is 30.7 Å². The number of carbonyl (C=O) groups excluding carboxylic acids is 4. The van der Waals surface area contributed by atoms with Crippen LogP contribution in [0.15, 0.2) is 18.2 Å². The van der Waals surface area contributed by atoms with E-state index >= 15 is 0 Å². The summed E-state index contributed by atoms with van der Waals surface area (Å²) in [6.45, 7) is 0. The summed E-state index contributed by atoms with van der Waals surface area (Å²) in [7, 11) is 1.19. The average Bonchev–Trinajstić information content (AvgIpc) is 2.48. The lowest BCUT2D eigenvalue weighted by Crippen LogP contribution is -2.25. The molecule has 8 heteroatoms. The van der Waals surface area contributed by atoms with Crippen molar-refractivity contribution in [3.05, 3.63) is 28.2 Å². The Morgan fingerprint density at radius 2 is 1.82 bits per heavy atom. The van der Waals surface area contributed by atoms with E-state index in [0.29, 0.717) is 5.02 Å². The number of esters is 1. The minimum absolute atomic E-state index is 0.135. The van der Waals surface area contributed by atoms with Crippen molar-refractivity contribution in [3.8, 4) is 0 Å². The molecule has 1 rings (SSSR count). The third-order valence-corrected chi connectivity index (χ3v) is 3.19. The molecular weight excluding hydrogens is 333 g/mol. The van der Waals surface area contributed by atoms with E-state index in [9.17, 15) is 19.2 Å². The summed E-state index contributed by atoms with van der Waals surface area (Å²) in [4.78, 5) is 45.7. The predicted molar refractivity (Wildman–Crippen MR) is 81.0 cm³/mol. The van der Waals surface area contributed by atoms with E-state index < -0.39 is 29.9 Å². The van der Waals surface area contributed by atoms with Gasteiger partial charge in [0, 0.05) is 11.4 Å². The number of benzene rings is 1. The van der Waals surface area contributed by atoms with Crippen molar-refractivity contribution < 1.29 is 23.9 Å². The van der Waals surface area contributed by atoms with Gasteiger partial charge in [0.25, 0.3) is 5.91 Å². The zero-order valence-corrected chi connectivity index (χ0v) is 13.2. The van der Waals surface area contributed by atoms with Crippen molar-refractivity contribution in [3.63, 3.8) is 0 Å². The Balaban J connectivity index is 2.55. The molecule has 0 spiro atoms. The highest BCUT2D eigenvalue weighted by Gasteiger charge is 2.19. The molecule has 1 amide bonds. The van der Waals surface area contributed by atoms with Gasteiger partial charge in [-0.3, -0.25) is 19.2 Å². The van der Waals surface area contributed by atoms with Crippen LogP contribution in [-0.4, -0.2) is 30.6 Å². The Kier molecular flexibility index (Phi) is 7.01. The highest BCUT2D eigenvalue weighted by atomic mass is 35.5. The zero-order chi connectivity index (χ0) is 16.7. The van der Waals surface area contributed by atoms with Gasteiger partial charge in [-0.05, 0) is 18.2 Å².